The van der Waals surface area contributed by atoms with E-state index >= 15 is 0 Å². The van der Waals surface area contributed by atoms with E-state index in [-0.39, 0.29) is 35.5 Å². The zero-order valence-electron chi connectivity index (χ0n) is 19.1. The molecule has 1 saturated heterocycles. The van der Waals surface area contributed by atoms with E-state index in [1.807, 2.05) is 4.57 Å². The highest BCUT2D eigenvalue weighted by molar-refractivity contribution is 7.99. The minimum absolute atomic E-state index is 0.0444. The van der Waals surface area contributed by atoms with Gasteiger partial charge < -0.3 is 15.4 Å². The fraction of sp³-hybridized carbons (Fsp3) is 0.360. The number of aromatic nitrogens is 3. The molecule has 0 unspecified atom stereocenters. The van der Waals surface area contributed by atoms with Crippen LogP contribution in [0.5, 0.6) is 0 Å². The van der Waals surface area contributed by atoms with Gasteiger partial charge in [0.15, 0.2) is 11.0 Å². The molecule has 0 spiro atoms. The normalized spacial score (nSPS) is 17.3. The zero-order chi connectivity index (χ0) is 24.2. The topological polar surface area (TPSA) is 98.1 Å². The molecule has 1 aliphatic heterocycles. The number of nitrogens with zero attached hydrogens (tertiary/aromatic N) is 3. The van der Waals surface area contributed by atoms with E-state index in [9.17, 15) is 14.0 Å². The van der Waals surface area contributed by atoms with E-state index < -0.39 is 0 Å². The number of anilines is 1. The maximum Gasteiger partial charge on any atom is 0.251 e. The van der Waals surface area contributed by atoms with Gasteiger partial charge in [0.25, 0.3) is 5.91 Å². The van der Waals surface area contributed by atoms with Gasteiger partial charge in [0.1, 0.15) is 5.82 Å². The van der Waals surface area contributed by atoms with Crippen LogP contribution >= 0.6 is 11.8 Å². The molecule has 1 aromatic heterocycles. The number of hydrogen-bond acceptors (Lipinski definition) is 6. The Morgan fingerprint density at radius 2 is 1.94 bits per heavy atom. The third kappa shape index (κ3) is 6.07. The molecule has 2 aromatic carbocycles. The number of carbonyl (C=O) groups is 2. The lowest BCUT2D eigenvalue weighted by molar-refractivity contribution is -0.113. The Bertz CT molecular complexity index is 1210. The third-order valence-electron chi connectivity index (χ3n) is 5.88. The SMILES string of the molecule is O=C(CSc1nnc(-c2ccc(F)cc2)n1C[C@@H]1CCCO1)Nc1cccc(C(=O)NC2CC2)c1. The largest absolute Gasteiger partial charge is 0.376 e. The quantitative estimate of drug-likeness (QED) is 0.437. The van der Waals surface area contributed by atoms with Gasteiger partial charge in [-0.1, -0.05) is 17.8 Å². The van der Waals surface area contributed by atoms with Gasteiger partial charge in [-0.05, 0) is 68.1 Å². The van der Waals surface area contributed by atoms with Crippen molar-refractivity contribution in [2.75, 3.05) is 17.7 Å². The number of halogens is 1. The summed E-state index contributed by atoms with van der Waals surface area (Å²) < 4.78 is 21.1. The summed E-state index contributed by atoms with van der Waals surface area (Å²) in [5.74, 6) is 0.0568. The number of benzene rings is 2. The highest BCUT2D eigenvalue weighted by Gasteiger charge is 2.24. The van der Waals surface area contributed by atoms with E-state index in [2.05, 4.69) is 20.8 Å². The van der Waals surface area contributed by atoms with Crippen molar-refractivity contribution in [3.05, 3.63) is 59.9 Å². The first-order valence-corrected chi connectivity index (χ1v) is 12.7. The Balaban J connectivity index is 1.26. The van der Waals surface area contributed by atoms with Crippen molar-refractivity contribution in [3.8, 4) is 11.4 Å². The van der Waals surface area contributed by atoms with Crippen LogP contribution < -0.4 is 10.6 Å². The maximum absolute atomic E-state index is 13.4. The monoisotopic (exact) mass is 495 g/mol. The molecule has 3 aromatic rings. The van der Waals surface area contributed by atoms with Gasteiger partial charge in [0.05, 0.1) is 18.4 Å². The van der Waals surface area contributed by atoms with Crippen molar-refractivity contribution in [3.63, 3.8) is 0 Å². The summed E-state index contributed by atoms with van der Waals surface area (Å²) in [7, 11) is 0. The molecule has 35 heavy (non-hydrogen) atoms. The van der Waals surface area contributed by atoms with E-state index in [0.717, 1.165) is 37.9 Å². The number of ether oxygens (including phenoxy) is 1. The third-order valence-corrected chi connectivity index (χ3v) is 6.85. The van der Waals surface area contributed by atoms with E-state index in [1.165, 1.54) is 23.9 Å². The Kier molecular flexibility index (Phi) is 7.10. The number of nitrogens with one attached hydrogen (secondary N) is 2. The summed E-state index contributed by atoms with van der Waals surface area (Å²) in [6, 6.07) is 13.3. The molecule has 10 heteroatoms. The first-order valence-electron chi connectivity index (χ1n) is 11.7. The second kappa shape index (κ2) is 10.6. The van der Waals surface area contributed by atoms with Gasteiger partial charge in [-0.3, -0.25) is 14.2 Å². The smallest absolute Gasteiger partial charge is 0.251 e. The van der Waals surface area contributed by atoms with Crippen molar-refractivity contribution < 1.29 is 18.7 Å². The van der Waals surface area contributed by atoms with Crippen LogP contribution in [0.4, 0.5) is 10.1 Å². The van der Waals surface area contributed by atoms with E-state index in [0.29, 0.717) is 28.8 Å². The zero-order valence-corrected chi connectivity index (χ0v) is 19.9. The fourth-order valence-corrected chi connectivity index (χ4v) is 4.67. The number of rotatable bonds is 9. The Hall–Kier alpha value is -3.24. The van der Waals surface area contributed by atoms with Gasteiger partial charge in [-0.15, -0.1) is 10.2 Å². The van der Waals surface area contributed by atoms with Crippen molar-refractivity contribution >= 4 is 29.3 Å². The molecule has 2 aliphatic rings. The van der Waals surface area contributed by atoms with Crippen molar-refractivity contribution in [2.24, 2.45) is 0 Å². The molecule has 1 saturated carbocycles. The Labute approximate surface area is 206 Å². The standard InChI is InChI=1S/C25H26FN5O3S/c26-18-8-6-16(7-9-18)23-29-30-25(31(23)14-21-5-2-12-34-21)35-15-22(32)27-20-4-1-3-17(13-20)24(33)28-19-10-11-19/h1,3-4,6-9,13,19,21H,2,5,10-12,14-15H2,(H,27,32)(H,28,33)/t21-/m0/s1. The van der Waals surface area contributed by atoms with Crippen LogP contribution in [0.15, 0.2) is 53.7 Å². The molecule has 2 heterocycles. The minimum atomic E-state index is -0.320. The number of hydrogen-bond donors (Lipinski definition) is 2. The number of thioether (sulfide) groups is 1. The second-order valence-corrected chi connectivity index (χ2v) is 9.67. The Morgan fingerprint density at radius 1 is 1.11 bits per heavy atom. The predicted molar refractivity (Wildman–Crippen MR) is 131 cm³/mol. The molecule has 8 nitrogen and oxygen atoms in total. The Morgan fingerprint density at radius 3 is 2.69 bits per heavy atom. The lowest BCUT2D eigenvalue weighted by Gasteiger charge is -2.15. The second-order valence-electron chi connectivity index (χ2n) is 8.72. The summed E-state index contributed by atoms with van der Waals surface area (Å²) in [5.41, 5.74) is 1.82. The maximum atomic E-state index is 13.4. The highest BCUT2D eigenvalue weighted by Crippen LogP contribution is 2.27. The van der Waals surface area contributed by atoms with Crippen molar-refractivity contribution in [1.82, 2.24) is 20.1 Å². The average Bonchev–Trinajstić information content (AvgIpc) is 3.35. The lowest BCUT2D eigenvalue weighted by atomic mass is 10.2. The fourth-order valence-electron chi connectivity index (χ4n) is 3.93. The van der Waals surface area contributed by atoms with Gasteiger partial charge >= 0.3 is 0 Å². The summed E-state index contributed by atoms with van der Waals surface area (Å²) >= 11 is 1.27. The van der Waals surface area contributed by atoms with Crippen LogP contribution in [0, 0.1) is 5.82 Å². The summed E-state index contributed by atoms with van der Waals surface area (Å²) in [4.78, 5) is 25.0. The molecular formula is C25H26FN5O3S. The van der Waals surface area contributed by atoms with Gasteiger partial charge in [0, 0.05) is 29.5 Å². The van der Waals surface area contributed by atoms with Crippen LogP contribution in [-0.2, 0) is 16.1 Å². The molecular weight excluding hydrogens is 469 g/mol. The molecule has 182 valence electrons. The summed E-state index contributed by atoms with van der Waals surface area (Å²) in [5, 5.41) is 15.0. The van der Waals surface area contributed by atoms with Gasteiger partial charge in [-0.2, -0.15) is 0 Å². The molecule has 1 aliphatic carbocycles. The number of amides is 2. The van der Waals surface area contributed by atoms with Crippen LogP contribution in [-0.4, -0.2) is 51.1 Å². The van der Waals surface area contributed by atoms with Crippen LogP contribution in [0.3, 0.4) is 0 Å². The molecule has 2 fully saturated rings. The minimum Gasteiger partial charge on any atom is -0.376 e. The van der Waals surface area contributed by atoms with Crippen LogP contribution in [0.2, 0.25) is 0 Å². The lowest BCUT2D eigenvalue weighted by Crippen LogP contribution is -2.25. The predicted octanol–water partition coefficient (Wildman–Crippen LogP) is 3.89. The van der Waals surface area contributed by atoms with Crippen LogP contribution in [0.25, 0.3) is 11.4 Å². The molecule has 0 bridgehead atoms. The van der Waals surface area contributed by atoms with E-state index in [1.54, 1.807) is 36.4 Å². The highest BCUT2D eigenvalue weighted by atomic mass is 32.2. The average molecular weight is 496 g/mol. The van der Waals surface area contributed by atoms with Crippen molar-refractivity contribution in [2.45, 2.75) is 49.5 Å². The summed E-state index contributed by atoms with van der Waals surface area (Å²) in [6.07, 6.45) is 4.01. The van der Waals surface area contributed by atoms with E-state index in [4.69, 9.17) is 4.74 Å². The number of carbonyl (C=O) groups excluding carboxylic acids is 2. The molecule has 2 N–H and O–H groups in total. The van der Waals surface area contributed by atoms with Crippen LogP contribution in [0.1, 0.15) is 36.0 Å². The molecule has 1 atom stereocenters. The molecule has 0 radical (unpaired) electrons. The van der Waals surface area contributed by atoms with Gasteiger partial charge in [0.2, 0.25) is 5.91 Å². The molecule has 2 amide bonds. The first-order chi connectivity index (χ1) is 17.0. The van der Waals surface area contributed by atoms with Crippen molar-refractivity contribution in [1.29, 1.82) is 0 Å². The molecule has 5 rings (SSSR count). The van der Waals surface area contributed by atoms with Gasteiger partial charge in [-0.25, -0.2) is 4.39 Å². The summed E-state index contributed by atoms with van der Waals surface area (Å²) in [6.45, 7) is 1.28. The first kappa shape index (κ1) is 23.5.